The molecule has 1 aromatic carbocycles. The van der Waals surface area contributed by atoms with Gasteiger partial charge in [-0.25, -0.2) is 4.68 Å². The molecule has 0 bridgehead atoms. The monoisotopic (exact) mass is 243 g/mol. The third-order valence-corrected chi connectivity index (χ3v) is 3.63. The van der Waals surface area contributed by atoms with Gasteiger partial charge in [0, 0.05) is 17.8 Å². The predicted octanol–water partition coefficient (Wildman–Crippen LogP) is 3.16. The lowest BCUT2D eigenvalue weighted by atomic mass is 9.88. The number of aromatic nitrogens is 2. The molecule has 3 nitrogen and oxygen atoms in total. The number of nitrogens with zero attached hydrogens (tertiary/aromatic N) is 2. The Hall–Kier alpha value is -1.61. The van der Waals surface area contributed by atoms with Crippen LogP contribution >= 0.6 is 0 Å². The summed E-state index contributed by atoms with van der Waals surface area (Å²) in [6, 6.07) is 10.1. The van der Waals surface area contributed by atoms with Crippen molar-refractivity contribution in [2.75, 3.05) is 0 Å². The maximum Gasteiger partial charge on any atom is 0.0645 e. The van der Waals surface area contributed by atoms with Gasteiger partial charge in [0.25, 0.3) is 0 Å². The molecule has 2 unspecified atom stereocenters. The first-order chi connectivity index (χ1) is 8.59. The Morgan fingerprint density at radius 1 is 1.11 bits per heavy atom. The minimum atomic E-state index is 0.0439. The number of para-hydroxylation sites is 1. The van der Waals surface area contributed by atoms with Crippen LogP contribution in [0.1, 0.15) is 32.4 Å². The smallest absolute Gasteiger partial charge is 0.0645 e. The van der Waals surface area contributed by atoms with Crippen molar-refractivity contribution >= 4 is 0 Å². The van der Waals surface area contributed by atoms with Gasteiger partial charge in [-0.1, -0.05) is 39.0 Å². The van der Waals surface area contributed by atoms with E-state index in [-0.39, 0.29) is 6.04 Å². The molecule has 0 aliphatic heterocycles. The number of hydrogen-bond acceptors (Lipinski definition) is 2. The Kier molecular flexibility index (Phi) is 3.82. The second-order valence-corrected chi connectivity index (χ2v) is 5.18. The van der Waals surface area contributed by atoms with E-state index in [1.165, 1.54) is 0 Å². The van der Waals surface area contributed by atoms with Gasteiger partial charge in [-0.05, 0) is 24.0 Å². The Bertz CT molecular complexity index is 487. The average Bonchev–Trinajstić information content (AvgIpc) is 2.87. The van der Waals surface area contributed by atoms with E-state index >= 15 is 0 Å². The molecule has 2 atom stereocenters. The zero-order valence-electron chi connectivity index (χ0n) is 11.2. The quantitative estimate of drug-likeness (QED) is 0.896. The molecular formula is C15H21N3. The van der Waals surface area contributed by atoms with Gasteiger partial charge < -0.3 is 5.73 Å². The van der Waals surface area contributed by atoms with E-state index in [0.29, 0.717) is 11.8 Å². The van der Waals surface area contributed by atoms with Crippen molar-refractivity contribution < 1.29 is 0 Å². The molecule has 0 amide bonds. The summed E-state index contributed by atoms with van der Waals surface area (Å²) < 4.78 is 1.88. The molecule has 0 saturated heterocycles. The maximum absolute atomic E-state index is 6.28. The van der Waals surface area contributed by atoms with E-state index in [9.17, 15) is 0 Å². The molecule has 0 spiro atoms. The van der Waals surface area contributed by atoms with Crippen LogP contribution < -0.4 is 5.73 Å². The van der Waals surface area contributed by atoms with Gasteiger partial charge >= 0.3 is 0 Å². The van der Waals surface area contributed by atoms with Crippen LogP contribution in [0.2, 0.25) is 0 Å². The van der Waals surface area contributed by atoms with Gasteiger partial charge in [0.05, 0.1) is 11.9 Å². The molecule has 0 fully saturated rings. The fourth-order valence-electron chi connectivity index (χ4n) is 1.95. The first-order valence-electron chi connectivity index (χ1n) is 6.45. The number of nitrogens with two attached hydrogens (primary N) is 1. The average molecular weight is 243 g/mol. The van der Waals surface area contributed by atoms with E-state index in [0.717, 1.165) is 11.3 Å². The largest absolute Gasteiger partial charge is 0.324 e. The Morgan fingerprint density at radius 3 is 2.39 bits per heavy atom. The maximum atomic E-state index is 6.28. The number of rotatable bonds is 4. The van der Waals surface area contributed by atoms with Crippen LogP contribution in [0.4, 0.5) is 0 Å². The molecular weight excluding hydrogens is 222 g/mol. The molecule has 2 N–H and O–H groups in total. The summed E-state index contributed by atoms with van der Waals surface area (Å²) in [4.78, 5) is 0. The Morgan fingerprint density at radius 2 is 1.78 bits per heavy atom. The lowest BCUT2D eigenvalue weighted by Crippen LogP contribution is -2.22. The summed E-state index contributed by atoms with van der Waals surface area (Å²) in [5.41, 5.74) is 8.44. The molecule has 3 heteroatoms. The summed E-state index contributed by atoms with van der Waals surface area (Å²) in [6.07, 6.45) is 3.90. The predicted molar refractivity (Wildman–Crippen MR) is 74.5 cm³/mol. The van der Waals surface area contributed by atoms with E-state index in [2.05, 4.69) is 25.9 Å². The third-order valence-electron chi connectivity index (χ3n) is 3.63. The van der Waals surface area contributed by atoms with Crippen molar-refractivity contribution in [3.8, 4) is 5.69 Å². The lowest BCUT2D eigenvalue weighted by molar-refractivity contribution is 0.352. The highest BCUT2D eigenvalue weighted by atomic mass is 15.3. The second-order valence-electron chi connectivity index (χ2n) is 5.18. The van der Waals surface area contributed by atoms with Gasteiger partial charge in [-0.15, -0.1) is 0 Å². The minimum absolute atomic E-state index is 0.0439. The van der Waals surface area contributed by atoms with Crippen molar-refractivity contribution in [2.24, 2.45) is 17.6 Å². The molecule has 2 aromatic rings. The van der Waals surface area contributed by atoms with Crippen molar-refractivity contribution in [1.29, 1.82) is 0 Å². The van der Waals surface area contributed by atoms with Crippen LogP contribution in [0.15, 0.2) is 42.7 Å². The highest BCUT2D eigenvalue weighted by Gasteiger charge is 2.19. The molecule has 2 rings (SSSR count). The zero-order valence-corrected chi connectivity index (χ0v) is 11.2. The van der Waals surface area contributed by atoms with Gasteiger partial charge in [-0.3, -0.25) is 0 Å². The Balaban J connectivity index is 2.21. The normalized spacial score (nSPS) is 14.7. The van der Waals surface area contributed by atoms with E-state index in [4.69, 9.17) is 5.73 Å². The van der Waals surface area contributed by atoms with Gasteiger partial charge in [0.1, 0.15) is 0 Å². The molecule has 1 heterocycles. The van der Waals surface area contributed by atoms with Crippen molar-refractivity contribution in [3.05, 3.63) is 48.3 Å². The molecule has 0 radical (unpaired) electrons. The SMILES string of the molecule is CC(C)C(C)C(N)c1cnn(-c2ccccc2)c1. The van der Waals surface area contributed by atoms with Crippen LogP contribution in [-0.2, 0) is 0 Å². The number of benzene rings is 1. The molecule has 96 valence electrons. The van der Waals surface area contributed by atoms with Crippen LogP contribution in [-0.4, -0.2) is 9.78 Å². The van der Waals surface area contributed by atoms with Crippen LogP contribution in [0, 0.1) is 11.8 Å². The molecule has 0 saturated carbocycles. The van der Waals surface area contributed by atoms with Crippen LogP contribution in [0.3, 0.4) is 0 Å². The first kappa shape index (κ1) is 12.8. The van der Waals surface area contributed by atoms with Gasteiger partial charge in [-0.2, -0.15) is 5.10 Å². The first-order valence-corrected chi connectivity index (χ1v) is 6.45. The summed E-state index contributed by atoms with van der Waals surface area (Å²) in [6.45, 7) is 6.59. The van der Waals surface area contributed by atoms with Crippen molar-refractivity contribution in [1.82, 2.24) is 9.78 Å². The third kappa shape index (κ3) is 2.62. The van der Waals surface area contributed by atoms with E-state index < -0.39 is 0 Å². The molecule has 18 heavy (non-hydrogen) atoms. The summed E-state index contributed by atoms with van der Waals surface area (Å²) >= 11 is 0. The van der Waals surface area contributed by atoms with E-state index in [1.807, 2.05) is 47.4 Å². The topological polar surface area (TPSA) is 43.8 Å². The summed E-state index contributed by atoms with van der Waals surface area (Å²) in [5, 5.41) is 4.39. The zero-order chi connectivity index (χ0) is 13.1. The molecule has 0 aliphatic rings. The van der Waals surface area contributed by atoms with Crippen LogP contribution in [0.5, 0.6) is 0 Å². The highest BCUT2D eigenvalue weighted by Crippen LogP contribution is 2.25. The molecule has 1 aromatic heterocycles. The van der Waals surface area contributed by atoms with Crippen molar-refractivity contribution in [2.45, 2.75) is 26.8 Å². The summed E-state index contributed by atoms with van der Waals surface area (Å²) in [7, 11) is 0. The van der Waals surface area contributed by atoms with Gasteiger partial charge in [0.15, 0.2) is 0 Å². The fraction of sp³-hybridized carbons (Fsp3) is 0.400. The van der Waals surface area contributed by atoms with Crippen molar-refractivity contribution in [3.63, 3.8) is 0 Å². The second kappa shape index (κ2) is 5.36. The summed E-state index contributed by atoms with van der Waals surface area (Å²) in [5.74, 6) is 1.01. The number of hydrogen-bond donors (Lipinski definition) is 1. The minimum Gasteiger partial charge on any atom is -0.324 e. The molecule has 0 aliphatic carbocycles. The van der Waals surface area contributed by atoms with Gasteiger partial charge in [0.2, 0.25) is 0 Å². The van der Waals surface area contributed by atoms with Crippen LogP contribution in [0.25, 0.3) is 5.69 Å². The lowest BCUT2D eigenvalue weighted by Gasteiger charge is -2.22. The fourth-order valence-corrected chi connectivity index (χ4v) is 1.95. The highest BCUT2D eigenvalue weighted by molar-refractivity contribution is 5.31. The Labute approximate surface area is 109 Å². The standard InChI is InChI=1S/C15H21N3/c1-11(2)12(3)15(16)13-9-17-18(10-13)14-7-5-4-6-8-14/h4-12,15H,16H2,1-3H3. The van der Waals surface area contributed by atoms with E-state index in [1.54, 1.807) is 0 Å².